The molecule has 198 valence electrons. The van der Waals surface area contributed by atoms with Crippen LogP contribution in [0.4, 0.5) is 0 Å². The first-order valence-corrected chi connectivity index (χ1v) is 13.8. The Bertz CT molecular complexity index is 1340. The Balaban J connectivity index is 1.83. The molecule has 3 aromatic carbocycles. The molecule has 3 aromatic rings. The molecule has 0 aliphatic rings. The van der Waals surface area contributed by atoms with Crippen molar-refractivity contribution < 1.29 is 22.7 Å². The second kappa shape index (κ2) is 12.7. The monoisotopic (exact) mass is 525 g/mol. The fourth-order valence-corrected chi connectivity index (χ4v) is 5.12. The van der Waals surface area contributed by atoms with E-state index >= 15 is 0 Å². The van der Waals surface area contributed by atoms with Crippen LogP contribution in [0.2, 0.25) is 0 Å². The molecule has 0 saturated carbocycles. The molecule has 37 heavy (non-hydrogen) atoms. The summed E-state index contributed by atoms with van der Waals surface area (Å²) in [4.78, 5) is 27.8. The second-order valence-corrected chi connectivity index (χ2v) is 11.0. The Labute approximate surface area is 219 Å². The highest BCUT2D eigenvalue weighted by atomic mass is 32.2. The van der Waals surface area contributed by atoms with Crippen LogP contribution in [-0.2, 0) is 26.2 Å². The van der Waals surface area contributed by atoms with E-state index in [-0.39, 0.29) is 17.3 Å². The van der Waals surface area contributed by atoms with Crippen molar-refractivity contribution in [2.45, 2.75) is 44.2 Å². The number of fused-ring (bicyclic) bond motifs is 1. The number of amides is 2. The first kappa shape index (κ1) is 28.1. The number of hydrogen-bond acceptors (Lipinski definition) is 5. The van der Waals surface area contributed by atoms with Gasteiger partial charge in [0.1, 0.15) is 11.8 Å². The number of methoxy groups -OCH3 is 1. The Morgan fingerprint density at radius 3 is 2.43 bits per heavy atom. The summed E-state index contributed by atoms with van der Waals surface area (Å²) in [7, 11) is -1.01. The summed E-state index contributed by atoms with van der Waals surface area (Å²) in [6.07, 6.45) is 1.76. The number of ether oxygens (including phenoxy) is 1. The molecule has 0 aliphatic heterocycles. The number of carbonyl (C=O) groups is 2. The second-order valence-electron chi connectivity index (χ2n) is 8.96. The van der Waals surface area contributed by atoms with Gasteiger partial charge in [-0.2, -0.15) is 4.31 Å². The van der Waals surface area contributed by atoms with Gasteiger partial charge in [-0.25, -0.2) is 8.42 Å². The number of sulfonamides is 1. The van der Waals surface area contributed by atoms with Crippen molar-refractivity contribution in [1.29, 1.82) is 0 Å². The Morgan fingerprint density at radius 2 is 1.73 bits per heavy atom. The van der Waals surface area contributed by atoms with Crippen molar-refractivity contribution in [3.63, 3.8) is 0 Å². The van der Waals surface area contributed by atoms with E-state index in [4.69, 9.17) is 4.74 Å². The van der Waals surface area contributed by atoms with E-state index in [0.717, 1.165) is 33.5 Å². The highest BCUT2D eigenvalue weighted by Gasteiger charge is 2.30. The molecule has 8 nitrogen and oxygen atoms in total. The van der Waals surface area contributed by atoms with Crippen molar-refractivity contribution in [3.05, 3.63) is 72.3 Å². The molecule has 2 amide bonds. The van der Waals surface area contributed by atoms with Crippen molar-refractivity contribution >= 4 is 32.6 Å². The van der Waals surface area contributed by atoms with Gasteiger partial charge >= 0.3 is 0 Å². The molecule has 0 bridgehead atoms. The maximum Gasteiger partial charge on any atom is 0.243 e. The normalized spacial score (nSPS) is 12.4. The first-order valence-electron chi connectivity index (χ1n) is 12.3. The zero-order valence-corrected chi connectivity index (χ0v) is 22.6. The van der Waals surface area contributed by atoms with Crippen LogP contribution in [0.3, 0.4) is 0 Å². The lowest BCUT2D eigenvalue weighted by molar-refractivity contribution is -0.140. The Hall–Kier alpha value is -3.43. The quantitative estimate of drug-likeness (QED) is 0.363. The van der Waals surface area contributed by atoms with E-state index < -0.39 is 28.5 Å². The Morgan fingerprint density at radius 1 is 1.00 bits per heavy atom. The molecule has 1 N–H and O–H groups in total. The third kappa shape index (κ3) is 7.08. The van der Waals surface area contributed by atoms with Crippen molar-refractivity contribution in [3.8, 4) is 5.75 Å². The summed E-state index contributed by atoms with van der Waals surface area (Å²) in [5, 5.41) is 4.58. The van der Waals surface area contributed by atoms with Crippen LogP contribution >= 0.6 is 0 Å². The third-order valence-electron chi connectivity index (χ3n) is 6.27. The number of hydrogen-bond donors (Lipinski definition) is 1. The molecule has 0 spiro atoms. The van der Waals surface area contributed by atoms with Gasteiger partial charge in [0.2, 0.25) is 21.8 Å². The molecule has 0 saturated heterocycles. The minimum Gasteiger partial charge on any atom is -0.497 e. The topological polar surface area (TPSA) is 96.0 Å². The maximum absolute atomic E-state index is 13.5. The van der Waals surface area contributed by atoms with E-state index in [2.05, 4.69) is 5.32 Å². The molecule has 1 atom stereocenters. The summed E-state index contributed by atoms with van der Waals surface area (Å²) in [6, 6.07) is 18.8. The molecule has 0 aliphatic carbocycles. The van der Waals surface area contributed by atoms with Gasteiger partial charge in [-0.05, 0) is 53.9 Å². The average molecular weight is 526 g/mol. The zero-order valence-electron chi connectivity index (χ0n) is 21.8. The number of unbranched alkanes of at least 4 members (excludes halogenated alkanes) is 1. The lowest BCUT2D eigenvalue weighted by Crippen LogP contribution is -2.50. The highest BCUT2D eigenvalue weighted by molar-refractivity contribution is 7.89. The summed E-state index contributed by atoms with van der Waals surface area (Å²) >= 11 is 0. The SMILES string of the molecule is CCCCNC(=O)[C@@H](C)N(Cc1cccc(OC)c1)C(=O)CN(C)S(=O)(=O)c1ccc2ccccc2c1. The molecule has 0 radical (unpaired) electrons. The predicted octanol–water partition coefficient (Wildman–Crippen LogP) is 3.80. The minimum atomic E-state index is -3.94. The van der Waals surface area contributed by atoms with Crippen LogP contribution in [0.1, 0.15) is 32.3 Å². The van der Waals surface area contributed by atoms with Crippen molar-refractivity contribution in [2.75, 3.05) is 27.2 Å². The Kier molecular flexibility index (Phi) is 9.66. The van der Waals surface area contributed by atoms with Gasteiger partial charge in [-0.1, -0.05) is 55.8 Å². The summed E-state index contributed by atoms with van der Waals surface area (Å²) < 4.78 is 32.9. The van der Waals surface area contributed by atoms with Crippen LogP contribution in [-0.4, -0.2) is 62.7 Å². The maximum atomic E-state index is 13.5. The van der Waals surface area contributed by atoms with Crippen molar-refractivity contribution in [2.24, 2.45) is 0 Å². The van der Waals surface area contributed by atoms with E-state index in [9.17, 15) is 18.0 Å². The van der Waals surface area contributed by atoms with Gasteiger partial charge in [0.25, 0.3) is 0 Å². The number of carbonyl (C=O) groups excluding carboxylic acids is 2. The molecule has 0 unspecified atom stereocenters. The lowest BCUT2D eigenvalue weighted by atomic mass is 10.1. The van der Waals surface area contributed by atoms with Gasteiger partial charge in [0, 0.05) is 20.1 Å². The fraction of sp³-hybridized carbons (Fsp3) is 0.357. The smallest absolute Gasteiger partial charge is 0.243 e. The average Bonchev–Trinajstić information content (AvgIpc) is 2.91. The standard InChI is InChI=1S/C28H35N3O5S/c1-5-6-16-29-28(33)21(2)31(19-22-10-9-13-25(17-22)36-4)27(32)20-30(3)37(34,35)26-15-14-23-11-7-8-12-24(23)18-26/h7-15,17-18,21H,5-6,16,19-20H2,1-4H3,(H,29,33)/t21-/m1/s1. The van der Waals surface area contributed by atoms with Crippen LogP contribution in [0.15, 0.2) is 71.6 Å². The van der Waals surface area contributed by atoms with Crippen LogP contribution in [0.25, 0.3) is 10.8 Å². The van der Waals surface area contributed by atoms with Gasteiger partial charge in [-0.3, -0.25) is 9.59 Å². The number of nitrogens with zero attached hydrogens (tertiary/aromatic N) is 2. The van der Waals surface area contributed by atoms with Gasteiger partial charge in [0.05, 0.1) is 18.6 Å². The predicted molar refractivity (Wildman–Crippen MR) is 145 cm³/mol. The molecular formula is C28H35N3O5S. The van der Waals surface area contributed by atoms with E-state index in [1.54, 1.807) is 44.4 Å². The molecule has 3 rings (SSSR count). The molecule has 0 aromatic heterocycles. The third-order valence-corrected chi connectivity index (χ3v) is 8.07. The van der Waals surface area contributed by atoms with Crippen LogP contribution < -0.4 is 10.1 Å². The van der Waals surface area contributed by atoms with Gasteiger partial charge < -0.3 is 15.0 Å². The summed E-state index contributed by atoms with van der Waals surface area (Å²) in [5.74, 6) is -0.140. The molecular weight excluding hydrogens is 490 g/mol. The molecule has 9 heteroatoms. The lowest BCUT2D eigenvalue weighted by Gasteiger charge is -2.30. The molecule has 0 fully saturated rings. The summed E-state index contributed by atoms with van der Waals surface area (Å²) in [6.45, 7) is 3.91. The van der Waals surface area contributed by atoms with E-state index in [0.29, 0.717) is 12.3 Å². The van der Waals surface area contributed by atoms with E-state index in [1.165, 1.54) is 18.0 Å². The number of rotatable bonds is 12. The van der Waals surface area contributed by atoms with Crippen LogP contribution in [0, 0.1) is 0 Å². The van der Waals surface area contributed by atoms with Gasteiger partial charge in [-0.15, -0.1) is 0 Å². The van der Waals surface area contributed by atoms with Crippen molar-refractivity contribution in [1.82, 2.24) is 14.5 Å². The minimum absolute atomic E-state index is 0.103. The molecule has 0 heterocycles. The van der Waals surface area contributed by atoms with Crippen LogP contribution in [0.5, 0.6) is 5.75 Å². The highest BCUT2D eigenvalue weighted by Crippen LogP contribution is 2.22. The zero-order chi connectivity index (χ0) is 27.0. The number of likely N-dealkylation sites (N-methyl/N-ethyl adjacent to an activating group) is 1. The fourth-order valence-electron chi connectivity index (χ4n) is 3.96. The number of nitrogens with one attached hydrogen (secondary N) is 1. The summed E-state index contributed by atoms with van der Waals surface area (Å²) in [5.41, 5.74) is 0.765. The van der Waals surface area contributed by atoms with E-state index in [1.807, 2.05) is 37.3 Å². The largest absolute Gasteiger partial charge is 0.497 e. The first-order chi connectivity index (χ1) is 17.7. The number of benzene rings is 3. The van der Waals surface area contributed by atoms with Gasteiger partial charge in [0.15, 0.2) is 0 Å².